The van der Waals surface area contributed by atoms with Crippen LogP contribution in [0.1, 0.15) is 6.92 Å². The largest absolute Gasteiger partial charge is 0.302 e. The number of anilines is 2. The molecule has 0 spiro atoms. The lowest BCUT2D eigenvalue weighted by Crippen LogP contribution is -2.14. The third-order valence-electron chi connectivity index (χ3n) is 3.05. The summed E-state index contributed by atoms with van der Waals surface area (Å²) in [6.07, 6.45) is 0. The average molecular weight is 365 g/mol. The number of benzene rings is 2. The van der Waals surface area contributed by atoms with Crippen LogP contribution in [0.2, 0.25) is 0 Å². The van der Waals surface area contributed by atoms with Gasteiger partial charge in [-0.2, -0.15) is 0 Å². The molecule has 124 valence electrons. The number of sulfonamides is 1. The van der Waals surface area contributed by atoms with Crippen LogP contribution in [0.4, 0.5) is 15.2 Å². The number of amides is 1. The number of fused-ring (bicyclic) bond motifs is 1. The Bertz CT molecular complexity index is 1030. The molecular formula is C15H12FN3O3S2. The molecule has 0 fully saturated rings. The Morgan fingerprint density at radius 2 is 1.96 bits per heavy atom. The first kappa shape index (κ1) is 16.3. The third kappa shape index (κ3) is 3.36. The first-order chi connectivity index (χ1) is 11.3. The molecule has 1 heterocycles. The van der Waals surface area contributed by atoms with Crippen molar-refractivity contribution in [2.24, 2.45) is 0 Å². The van der Waals surface area contributed by atoms with Gasteiger partial charge in [-0.15, -0.1) is 0 Å². The predicted octanol–water partition coefficient (Wildman–Crippen LogP) is 3.19. The van der Waals surface area contributed by atoms with Gasteiger partial charge in [0, 0.05) is 6.92 Å². The number of rotatable bonds is 4. The van der Waals surface area contributed by atoms with Gasteiger partial charge in [-0.05, 0) is 30.3 Å². The number of nitrogens with one attached hydrogen (secondary N) is 2. The van der Waals surface area contributed by atoms with Crippen molar-refractivity contribution >= 4 is 48.3 Å². The van der Waals surface area contributed by atoms with Crippen molar-refractivity contribution in [2.45, 2.75) is 11.8 Å². The van der Waals surface area contributed by atoms with E-state index in [2.05, 4.69) is 15.0 Å². The molecule has 0 atom stereocenters. The van der Waals surface area contributed by atoms with Crippen LogP contribution < -0.4 is 10.0 Å². The molecule has 0 aliphatic heterocycles. The molecular weight excluding hydrogens is 353 g/mol. The second-order valence-electron chi connectivity index (χ2n) is 4.92. The Labute approximate surface area is 141 Å². The van der Waals surface area contributed by atoms with Gasteiger partial charge in [0.05, 0.1) is 15.9 Å². The van der Waals surface area contributed by atoms with Gasteiger partial charge in [-0.1, -0.05) is 23.5 Å². The molecule has 6 nitrogen and oxygen atoms in total. The number of hydrogen-bond acceptors (Lipinski definition) is 5. The molecule has 0 radical (unpaired) electrons. The summed E-state index contributed by atoms with van der Waals surface area (Å²) in [7, 11) is -4.04. The molecule has 0 aliphatic carbocycles. The van der Waals surface area contributed by atoms with E-state index >= 15 is 0 Å². The Hall–Kier alpha value is -2.52. The highest BCUT2D eigenvalue weighted by Crippen LogP contribution is 2.29. The summed E-state index contributed by atoms with van der Waals surface area (Å²) in [5, 5.41) is 3.00. The lowest BCUT2D eigenvalue weighted by molar-refractivity contribution is -0.114. The molecule has 1 amide bonds. The van der Waals surface area contributed by atoms with Crippen LogP contribution in [-0.2, 0) is 14.8 Å². The van der Waals surface area contributed by atoms with Crippen LogP contribution in [0.25, 0.3) is 10.2 Å². The van der Waals surface area contributed by atoms with Crippen molar-refractivity contribution in [1.29, 1.82) is 0 Å². The Kier molecular flexibility index (Phi) is 4.20. The van der Waals surface area contributed by atoms with E-state index in [1.807, 2.05) is 0 Å². The monoisotopic (exact) mass is 365 g/mol. The average Bonchev–Trinajstić information content (AvgIpc) is 2.87. The summed E-state index contributed by atoms with van der Waals surface area (Å²) in [6, 6.07) is 9.87. The van der Waals surface area contributed by atoms with E-state index in [1.165, 1.54) is 42.5 Å². The summed E-state index contributed by atoms with van der Waals surface area (Å²) in [5.41, 5.74) is 0.904. The Morgan fingerprint density at radius 1 is 1.21 bits per heavy atom. The fourth-order valence-electron chi connectivity index (χ4n) is 2.06. The van der Waals surface area contributed by atoms with Crippen LogP contribution in [0.15, 0.2) is 47.4 Å². The van der Waals surface area contributed by atoms with E-state index in [1.54, 1.807) is 12.1 Å². The zero-order valence-electron chi connectivity index (χ0n) is 12.4. The molecule has 0 aliphatic rings. The SMILES string of the molecule is CC(=O)Nc1nc2ccc(NS(=O)(=O)c3ccccc3F)cc2s1. The second-order valence-corrected chi connectivity index (χ2v) is 7.60. The second kappa shape index (κ2) is 6.17. The van der Waals surface area contributed by atoms with Crippen LogP contribution >= 0.6 is 11.3 Å². The van der Waals surface area contributed by atoms with Crippen LogP contribution in [0, 0.1) is 5.82 Å². The number of aromatic nitrogens is 1. The first-order valence-electron chi connectivity index (χ1n) is 6.81. The highest BCUT2D eigenvalue weighted by Gasteiger charge is 2.19. The minimum atomic E-state index is -4.04. The van der Waals surface area contributed by atoms with Crippen molar-refractivity contribution in [3.63, 3.8) is 0 Å². The van der Waals surface area contributed by atoms with Gasteiger partial charge in [-0.25, -0.2) is 17.8 Å². The van der Waals surface area contributed by atoms with Crippen LogP contribution in [-0.4, -0.2) is 19.3 Å². The van der Waals surface area contributed by atoms with E-state index in [0.29, 0.717) is 15.3 Å². The first-order valence-corrected chi connectivity index (χ1v) is 9.11. The highest BCUT2D eigenvalue weighted by atomic mass is 32.2. The predicted molar refractivity (Wildman–Crippen MR) is 91.1 cm³/mol. The van der Waals surface area contributed by atoms with Gasteiger partial charge in [0.15, 0.2) is 5.13 Å². The normalized spacial score (nSPS) is 11.4. The van der Waals surface area contributed by atoms with Gasteiger partial charge in [-0.3, -0.25) is 9.52 Å². The standard InChI is InChI=1S/C15H12FN3O3S2/c1-9(20)17-15-18-12-7-6-10(8-13(12)23-15)19-24(21,22)14-5-3-2-4-11(14)16/h2-8,19H,1H3,(H,17,18,20). The van der Waals surface area contributed by atoms with E-state index in [9.17, 15) is 17.6 Å². The maximum absolute atomic E-state index is 13.7. The summed E-state index contributed by atoms with van der Waals surface area (Å²) in [5.74, 6) is -1.06. The molecule has 0 bridgehead atoms. The molecule has 2 aromatic carbocycles. The van der Waals surface area contributed by atoms with Crippen molar-refractivity contribution in [3.05, 3.63) is 48.3 Å². The zero-order valence-corrected chi connectivity index (χ0v) is 14.0. The number of hydrogen-bond donors (Lipinski definition) is 2. The van der Waals surface area contributed by atoms with Gasteiger partial charge < -0.3 is 5.32 Å². The topological polar surface area (TPSA) is 88.2 Å². The quantitative estimate of drug-likeness (QED) is 0.743. The summed E-state index contributed by atoms with van der Waals surface area (Å²) in [6.45, 7) is 1.38. The molecule has 3 aromatic rings. The summed E-state index contributed by atoms with van der Waals surface area (Å²) in [4.78, 5) is 14.9. The fraction of sp³-hybridized carbons (Fsp3) is 0.0667. The maximum atomic E-state index is 13.7. The summed E-state index contributed by atoms with van der Waals surface area (Å²) < 4.78 is 41.3. The molecule has 0 saturated heterocycles. The minimum absolute atomic E-state index is 0.241. The molecule has 0 unspecified atom stereocenters. The number of carbonyl (C=O) groups is 1. The van der Waals surface area contributed by atoms with Gasteiger partial charge >= 0.3 is 0 Å². The van der Waals surface area contributed by atoms with Gasteiger partial charge in [0.1, 0.15) is 10.7 Å². The molecule has 3 rings (SSSR count). The van der Waals surface area contributed by atoms with Crippen molar-refractivity contribution < 1.29 is 17.6 Å². The Morgan fingerprint density at radius 3 is 2.67 bits per heavy atom. The zero-order chi connectivity index (χ0) is 17.3. The molecule has 9 heteroatoms. The molecule has 24 heavy (non-hydrogen) atoms. The maximum Gasteiger partial charge on any atom is 0.264 e. The highest BCUT2D eigenvalue weighted by molar-refractivity contribution is 7.92. The smallest absolute Gasteiger partial charge is 0.264 e. The van der Waals surface area contributed by atoms with Crippen LogP contribution in [0.3, 0.4) is 0 Å². The van der Waals surface area contributed by atoms with E-state index in [0.717, 1.165) is 6.07 Å². The van der Waals surface area contributed by atoms with Crippen molar-refractivity contribution in [3.8, 4) is 0 Å². The molecule has 1 aromatic heterocycles. The van der Waals surface area contributed by atoms with E-state index < -0.39 is 20.7 Å². The van der Waals surface area contributed by atoms with E-state index in [-0.39, 0.29) is 11.6 Å². The number of thiazole rings is 1. The van der Waals surface area contributed by atoms with Gasteiger partial charge in [0.2, 0.25) is 5.91 Å². The lowest BCUT2D eigenvalue weighted by atomic mass is 10.3. The van der Waals surface area contributed by atoms with E-state index in [4.69, 9.17) is 0 Å². The number of nitrogens with zero attached hydrogens (tertiary/aromatic N) is 1. The third-order valence-corrected chi connectivity index (χ3v) is 5.40. The molecule has 2 N–H and O–H groups in total. The summed E-state index contributed by atoms with van der Waals surface area (Å²) >= 11 is 1.21. The lowest BCUT2D eigenvalue weighted by Gasteiger charge is -2.08. The van der Waals surface area contributed by atoms with Crippen LogP contribution in [0.5, 0.6) is 0 Å². The molecule has 0 saturated carbocycles. The van der Waals surface area contributed by atoms with Crippen molar-refractivity contribution in [1.82, 2.24) is 4.98 Å². The number of carbonyl (C=O) groups excluding carboxylic acids is 1. The fourth-order valence-corrected chi connectivity index (χ4v) is 4.15. The minimum Gasteiger partial charge on any atom is -0.302 e. The number of halogens is 1. The van der Waals surface area contributed by atoms with Crippen molar-refractivity contribution in [2.75, 3.05) is 10.0 Å². The van der Waals surface area contributed by atoms with Gasteiger partial charge in [0.25, 0.3) is 10.0 Å². The Balaban J connectivity index is 1.92.